The molecule has 0 spiro atoms. The van der Waals surface area contributed by atoms with Gasteiger partial charge in [0.05, 0.1) is 17.2 Å². The van der Waals surface area contributed by atoms with Gasteiger partial charge in [0, 0.05) is 18.3 Å². The van der Waals surface area contributed by atoms with E-state index in [0.717, 1.165) is 31.4 Å². The van der Waals surface area contributed by atoms with Crippen molar-refractivity contribution in [2.24, 2.45) is 5.73 Å². The van der Waals surface area contributed by atoms with Crippen molar-refractivity contribution in [3.8, 4) is 0 Å². The molecule has 0 aliphatic heterocycles. The van der Waals surface area contributed by atoms with E-state index in [9.17, 15) is 4.79 Å². The van der Waals surface area contributed by atoms with E-state index in [0.29, 0.717) is 6.54 Å². The summed E-state index contributed by atoms with van der Waals surface area (Å²) in [6, 6.07) is -0.365. The minimum Gasteiger partial charge on any atom is -0.354 e. The van der Waals surface area contributed by atoms with Crippen molar-refractivity contribution >= 4 is 17.2 Å². The molecule has 0 bridgehead atoms. The Morgan fingerprint density at radius 3 is 3.12 bits per heavy atom. The van der Waals surface area contributed by atoms with Crippen LogP contribution < -0.4 is 11.1 Å². The first-order valence-corrected chi connectivity index (χ1v) is 6.58. The Labute approximate surface area is 100 Å². The number of carbonyl (C=O) groups excluding carboxylic acids is 1. The fraction of sp³-hybridized carbons (Fsp3) is 0.636. The number of nitrogens with one attached hydrogen (secondary N) is 1. The van der Waals surface area contributed by atoms with E-state index < -0.39 is 0 Å². The first-order valence-electron chi connectivity index (χ1n) is 5.64. The zero-order chi connectivity index (χ0) is 11.8. The van der Waals surface area contributed by atoms with Gasteiger partial charge in [-0.25, -0.2) is 4.98 Å². The summed E-state index contributed by atoms with van der Waals surface area (Å²) in [5, 5.41) is 4.82. The highest BCUT2D eigenvalue weighted by Gasteiger charge is 2.11. The molecule has 0 aliphatic rings. The van der Waals surface area contributed by atoms with E-state index >= 15 is 0 Å². The molecule has 90 valence electrons. The van der Waals surface area contributed by atoms with Crippen molar-refractivity contribution in [3.05, 3.63) is 16.6 Å². The lowest BCUT2D eigenvalue weighted by molar-refractivity contribution is -0.122. The molecule has 1 aromatic heterocycles. The number of hydrogen-bond acceptors (Lipinski definition) is 4. The maximum absolute atomic E-state index is 11.5. The summed E-state index contributed by atoms with van der Waals surface area (Å²) in [7, 11) is 0. The number of rotatable bonds is 7. The molecule has 4 nitrogen and oxygen atoms in total. The van der Waals surface area contributed by atoms with Crippen molar-refractivity contribution in [3.63, 3.8) is 0 Å². The van der Waals surface area contributed by atoms with Gasteiger partial charge in [-0.3, -0.25) is 4.79 Å². The van der Waals surface area contributed by atoms with Crippen LogP contribution in [0.25, 0.3) is 0 Å². The van der Waals surface area contributed by atoms with Crippen LogP contribution in [0.1, 0.15) is 31.9 Å². The summed E-state index contributed by atoms with van der Waals surface area (Å²) in [5.41, 5.74) is 8.55. The first kappa shape index (κ1) is 13.1. The van der Waals surface area contributed by atoms with Gasteiger partial charge in [-0.2, -0.15) is 0 Å². The normalized spacial score (nSPS) is 12.4. The van der Waals surface area contributed by atoms with Crippen LogP contribution in [-0.4, -0.2) is 23.5 Å². The van der Waals surface area contributed by atoms with E-state index in [4.69, 9.17) is 5.73 Å². The minimum absolute atomic E-state index is 0.0521. The Morgan fingerprint density at radius 1 is 1.69 bits per heavy atom. The van der Waals surface area contributed by atoms with Gasteiger partial charge in [0.2, 0.25) is 5.91 Å². The molecule has 1 heterocycles. The fourth-order valence-corrected chi connectivity index (χ4v) is 1.95. The van der Waals surface area contributed by atoms with E-state index in [2.05, 4.69) is 17.2 Å². The van der Waals surface area contributed by atoms with Crippen molar-refractivity contribution in [1.29, 1.82) is 0 Å². The van der Waals surface area contributed by atoms with Gasteiger partial charge in [0.25, 0.3) is 0 Å². The predicted molar refractivity (Wildman–Crippen MR) is 66.3 cm³/mol. The SMILES string of the molecule is CCCCC(N)C(=O)NCCc1cscn1. The maximum Gasteiger partial charge on any atom is 0.236 e. The van der Waals surface area contributed by atoms with E-state index in [1.165, 1.54) is 0 Å². The second-order valence-electron chi connectivity index (χ2n) is 3.77. The molecule has 3 N–H and O–H groups in total. The molecule has 0 aromatic carbocycles. The lowest BCUT2D eigenvalue weighted by Crippen LogP contribution is -2.41. The standard InChI is InChI=1S/C11H19N3OS/c1-2-3-4-10(12)11(15)13-6-5-9-7-16-8-14-9/h7-8,10H,2-6,12H2,1H3,(H,13,15). The molecule has 1 amide bonds. The number of hydrogen-bond donors (Lipinski definition) is 2. The van der Waals surface area contributed by atoms with Crippen LogP contribution in [0.4, 0.5) is 0 Å². The van der Waals surface area contributed by atoms with Crippen LogP contribution >= 0.6 is 11.3 Å². The summed E-state index contributed by atoms with van der Waals surface area (Å²) in [6.07, 6.45) is 3.61. The summed E-state index contributed by atoms with van der Waals surface area (Å²) < 4.78 is 0. The first-order chi connectivity index (χ1) is 7.74. The number of amides is 1. The van der Waals surface area contributed by atoms with Crippen molar-refractivity contribution in [2.75, 3.05) is 6.54 Å². The van der Waals surface area contributed by atoms with Crippen LogP contribution in [0.3, 0.4) is 0 Å². The monoisotopic (exact) mass is 241 g/mol. The third-order valence-electron chi connectivity index (χ3n) is 2.37. The van der Waals surface area contributed by atoms with Crippen LogP contribution in [0.2, 0.25) is 0 Å². The van der Waals surface area contributed by atoms with Gasteiger partial charge in [-0.15, -0.1) is 11.3 Å². The van der Waals surface area contributed by atoms with E-state index in [1.54, 1.807) is 16.8 Å². The second kappa shape index (κ2) is 7.35. The number of unbranched alkanes of at least 4 members (excludes halogenated alkanes) is 1. The third kappa shape index (κ3) is 4.72. The zero-order valence-corrected chi connectivity index (χ0v) is 10.4. The predicted octanol–water partition coefficient (Wildman–Crippen LogP) is 1.32. The summed E-state index contributed by atoms with van der Waals surface area (Å²) >= 11 is 1.57. The van der Waals surface area contributed by atoms with Crippen molar-refractivity contribution in [1.82, 2.24) is 10.3 Å². The molecular formula is C11H19N3OS. The largest absolute Gasteiger partial charge is 0.354 e. The quantitative estimate of drug-likeness (QED) is 0.756. The van der Waals surface area contributed by atoms with E-state index in [1.807, 2.05) is 5.38 Å². The lowest BCUT2D eigenvalue weighted by Gasteiger charge is -2.10. The molecule has 1 unspecified atom stereocenters. The molecule has 0 aliphatic carbocycles. The minimum atomic E-state index is -0.365. The van der Waals surface area contributed by atoms with Crippen LogP contribution in [0.15, 0.2) is 10.9 Å². The topological polar surface area (TPSA) is 68.0 Å². The zero-order valence-electron chi connectivity index (χ0n) is 9.61. The Kier molecular flexibility index (Phi) is 6.03. The molecule has 0 radical (unpaired) electrons. The molecule has 1 aromatic rings. The molecule has 1 rings (SSSR count). The highest BCUT2D eigenvalue weighted by molar-refractivity contribution is 7.07. The Morgan fingerprint density at radius 2 is 2.50 bits per heavy atom. The van der Waals surface area contributed by atoms with E-state index in [-0.39, 0.29) is 11.9 Å². The Balaban J connectivity index is 2.14. The Bertz CT molecular complexity index is 300. The Hall–Kier alpha value is -0.940. The summed E-state index contributed by atoms with van der Waals surface area (Å²) in [6.45, 7) is 2.70. The van der Waals surface area contributed by atoms with Gasteiger partial charge < -0.3 is 11.1 Å². The van der Waals surface area contributed by atoms with Gasteiger partial charge >= 0.3 is 0 Å². The molecule has 16 heavy (non-hydrogen) atoms. The van der Waals surface area contributed by atoms with Gasteiger partial charge in [0.15, 0.2) is 0 Å². The number of nitrogens with zero attached hydrogens (tertiary/aromatic N) is 1. The number of thiazole rings is 1. The highest BCUT2D eigenvalue weighted by atomic mass is 32.1. The fourth-order valence-electron chi connectivity index (χ4n) is 1.36. The van der Waals surface area contributed by atoms with Crippen LogP contribution in [0.5, 0.6) is 0 Å². The average Bonchev–Trinajstić information content (AvgIpc) is 2.78. The highest BCUT2D eigenvalue weighted by Crippen LogP contribution is 2.01. The van der Waals surface area contributed by atoms with Crippen LogP contribution in [-0.2, 0) is 11.2 Å². The lowest BCUT2D eigenvalue weighted by atomic mass is 10.1. The summed E-state index contributed by atoms with van der Waals surface area (Å²) in [4.78, 5) is 15.7. The second-order valence-corrected chi connectivity index (χ2v) is 4.49. The van der Waals surface area contributed by atoms with Crippen LogP contribution in [0, 0.1) is 0 Å². The summed E-state index contributed by atoms with van der Waals surface area (Å²) in [5.74, 6) is -0.0521. The average molecular weight is 241 g/mol. The number of aromatic nitrogens is 1. The molecular weight excluding hydrogens is 222 g/mol. The number of nitrogens with two attached hydrogens (primary N) is 1. The molecule has 0 saturated heterocycles. The molecule has 1 atom stereocenters. The van der Waals surface area contributed by atoms with Crippen molar-refractivity contribution in [2.45, 2.75) is 38.6 Å². The van der Waals surface area contributed by atoms with Gasteiger partial charge in [0.1, 0.15) is 0 Å². The smallest absolute Gasteiger partial charge is 0.236 e. The third-order valence-corrected chi connectivity index (χ3v) is 3.00. The van der Waals surface area contributed by atoms with Gasteiger partial charge in [-0.1, -0.05) is 19.8 Å². The molecule has 5 heteroatoms. The van der Waals surface area contributed by atoms with Crippen molar-refractivity contribution < 1.29 is 4.79 Å². The molecule has 0 fully saturated rings. The number of carbonyl (C=O) groups is 1. The van der Waals surface area contributed by atoms with Gasteiger partial charge in [-0.05, 0) is 6.42 Å². The molecule has 0 saturated carbocycles. The maximum atomic E-state index is 11.5.